The maximum absolute atomic E-state index is 12.2. The Balaban J connectivity index is 2.08. The highest BCUT2D eigenvalue weighted by Gasteiger charge is 2.38. The van der Waals surface area contributed by atoms with Crippen molar-refractivity contribution in [3.63, 3.8) is 0 Å². The van der Waals surface area contributed by atoms with Crippen LogP contribution in [0, 0.1) is 6.92 Å². The van der Waals surface area contributed by atoms with Gasteiger partial charge in [-0.15, -0.1) is 0 Å². The Morgan fingerprint density at radius 3 is 2.78 bits per heavy atom. The molecule has 1 aliphatic heterocycles. The number of ether oxygens (including phenoxy) is 1. The fourth-order valence-electron chi connectivity index (χ4n) is 2.78. The number of aryl methyl sites for hydroxylation is 1. The summed E-state index contributed by atoms with van der Waals surface area (Å²) in [5, 5.41) is 12.4. The van der Waals surface area contributed by atoms with Gasteiger partial charge in [0, 0.05) is 19.9 Å². The Labute approximate surface area is 136 Å². The third kappa shape index (κ3) is 4.53. The minimum Gasteiger partial charge on any atom is -0.393 e. The highest BCUT2D eigenvalue weighted by molar-refractivity contribution is 5.83. The van der Waals surface area contributed by atoms with Crippen molar-refractivity contribution in [3.8, 4) is 0 Å². The maximum Gasteiger partial charge on any atom is 0.242 e. The molecule has 1 aliphatic rings. The first-order valence-electron chi connectivity index (χ1n) is 7.77. The van der Waals surface area contributed by atoms with Crippen molar-refractivity contribution in [2.75, 3.05) is 32.8 Å². The van der Waals surface area contributed by atoms with E-state index in [4.69, 9.17) is 4.74 Å². The summed E-state index contributed by atoms with van der Waals surface area (Å²) in [7, 11) is 0. The monoisotopic (exact) mass is 320 g/mol. The Kier molecular flexibility index (Phi) is 5.74. The van der Waals surface area contributed by atoms with Gasteiger partial charge >= 0.3 is 0 Å². The van der Waals surface area contributed by atoms with E-state index in [1.165, 1.54) is 6.92 Å². The van der Waals surface area contributed by atoms with E-state index in [9.17, 15) is 14.7 Å². The number of hydrogen-bond donors (Lipinski definition) is 2. The first kappa shape index (κ1) is 17.4. The largest absolute Gasteiger partial charge is 0.393 e. The van der Waals surface area contributed by atoms with Crippen LogP contribution in [0.3, 0.4) is 0 Å². The molecule has 6 nitrogen and oxygen atoms in total. The van der Waals surface area contributed by atoms with Gasteiger partial charge in [-0.1, -0.05) is 24.3 Å². The summed E-state index contributed by atoms with van der Waals surface area (Å²) < 4.78 is 5.85. The predicted molar refractivity (Wildman–Crippen MR) is 85.9 cm³/mol. The van der Waals surface area contributed by atoms with Crippen LogP contribution in [-0.4, -0.2) is 60.3 Å². The molecule has 0 aliphatic carbocycles. The summed E-state index contributed by atoms with van der Waals surface area (Å²) in [4.78, 5) is 24.8. The van der Waals surface area contributed by atoms with Gasteiger partial charge in [0.2, 0.25) is 11.8 Å². The second kappa shape index (κ2) is 7.57. The molecule has 23 heavy (non-hydrogen) atoms. The molecule has 0 unspecified atom stereocenters. The summed E-state index contributed by atoms with van der Waals surface area (Å²) >= 11 is 0. The number of morpholine rings is 1. The average Bonchev–Trinajstić information content (AvgIpc) is 2.55. The zero-order chi connectivity index (χ0) is 16.9. The van der Waals surface area contributed by atoms with Gasteiger partial charge in [0.1, 0.15) is 5.60 Å². The number of nitrogens with one attached hydrogen (secondary N) is 1. The maximum atomic E-state index is 12.2. The number of hydrogen-bond acceptors (Lipinski definition) is 4. The first-order valence-corrected chi connectivity index (χ1v) is 7.77. The number of carbonyl (C=O) groups excluding carboxylic acids is 2. The molecular weight excluding hydrogens is 296 g/mol. The van der Waals surface area contributed by atoms with Gasteiger partial charge in [-0.05, 0) is 18.1 Å². The molecule has 1 heterocycles. The number of benzene rings is 1. The Bertz CT molecular complexity index is 575. The molecule has 0 saturated carbocycles. The summed E-state index contributed by atoms with van der Waals surface area (Å²) in [5.74, 6) is -0.397. The molecular formula is C17H24N2O4. The molecule has 2 N–H and O–H groups in total. The number of amides is 2. The van der Waals surface area contributed by atoms with E-state index in [0.717, 1.165) is 11.1 Å². The Morgan fingerprint density at radius 2 is 2.13 bits per heavy atom. The number of aliphatic hydroxyl groups is 1. The normalized spacial score (nSPS) is 21.1. The van der Waals surface area contributed by atoms with Crippen LogP contribution in [0.2, 0.25) is 0 Å². The molecule has 1 saturated heterocycles. The fourth-order valence-corrected chi connectivity index (χ4v) is 2.78. The van der Waals surface area contributed by atoms with Crippen molar-refractivity contribution in [2.24, 2.45) is 0 Å². The lowest BCUT2D eigenvalue weighted by atomic mass is 9.91. The molecule has 0 bridgehead atoms. The SMILES string of the molecule is CC(=O)NCC(=O)N1CCO[C@](CO)(Cc2ccccc2C)C1. The van der Waals surface area contributed by atoms with Crippen LogP contribution in [0.1, 0.15) is 18.1 Å². The second-order valence-corrected chi connectivity index (χ2v) is 6.02. The van der Waals surface area contributed by atoms with Crippen LogP contribution in [0.4, 0.5) is 0 Å². The van der Waals surface area contributed by atoms with Crippen LogP contribution in [-0.2, 0) is 20.7 Å². The molecule has 0 radical (unpaired) electrons. The van der Waals surface area contributed by atoms with E-state index in [1.54, 1.807) is 4.90 Å². The standard InChI is InChI=1S/C17H24N2O4/c1-13-5-3-4-6-15(13)9-17(12-20)11-19(7-8-23-17)16(22)10-18-14(2)21/h3-6,20H,7-12H2,1-2H3,(H,18,21)/t17-/m1/s1. The molecule has 2 amide bonds. The summed E-state index contributed by atoms with van der Waals surface area (Å²) in [6.45, 7) is 4.36. The van der Waals surface area contributed by atoms with Gasteiger partial charge < -0.3 is 20.1 Å². The van der Waals surface area contributed by atoms with Gasteiger partial charge in [0.25, 0.3) is 0 Å². The zero-order valence-corrected chi connectivity index (χ0v) is 13.7. The van der Waals surface area contributed by atoms with Crippen molar-refractivity contribution in [2.45, 2.75) is 25.9 Å². The molecule has 126 valence electrons. The van der Waals surface area contributed by atoms with Crippen molar-refractivity contribution < 1.29 is 19.4 Å². The second-order valence-electron chi connectivity index (χ2n) is 6.02. The summed E-state index contributed by atoms with van der Waals surface area (Å²) in [5.41, 5.74) is 1.43. The van der Waals surface area contributed by atoms with Crippen molar-refractivity contribution in [1.29, 1.82) is 0 Å². The van der Waals surface area contributed by atoms with Crippen LogP contribution < -0.4 is 5.32 Å². The van der Waals surface area contributed by atoms with Crippen LogP contribution in [0.5, 0.6) is 0 Å². The van der Waals surface area contributed by atoms with E-state index in [1.807, 2.05) is 31.2 Å². The van der Waals surface area contributed by atoms with Crippen LogP contribution in [0.25, 0.3) is 0 Å². The lowest BCUT2D eigenvalue weighted by Crippen LogP contribution is -2.58. The summed E-state index contributed by atoms with van der Waals surface area (Å²) in [6.07, 6.45) is 0.542. The number of nitrogens with zero attached hydrogens (tertiary/aromatic N) is 1. The number of carbonyl (C=O) groups is 2. The highest BCUT2D eigenvalue weighted by atomic mass is 16.5. The number of rotatable bonds is 5. The molecule has 1 aromatic carbocycles. The van der Waals surface area contributed by atoms with Gasteiger partial charge in [-0.3, -0.25) is 9.59 Å². The van der Waals surface area contributed by atoms with Crippen molar-refractivity contribution in [3.05, 3.63) is 35.4 Å². The van der Waals surface area contributed by atoms with Gasteiger partial charge in [-0.25, -0.2) is 0 Å². The minimum atomic E-state index is -0.795. The fraction of sp³-hybridized carbons (Fsp3) is 0.529. The number of aliphatic hydroxyl groups excluding tert-OH is 1. The average molecular weight is 320 g/mol. The quantitative estimate of drug-likeness (QED) is 0.816. The van der Waals surface area contributed by atoms with Crippen molar-refractivity contribution >= 4 is 11.8 Å². The van der Waals surface area contributed by atoms with E-state index in [0.29, 0.717) is 26.1 Å². The van der Waals surface area contributed by atoms with Crippen LogP contribution >= 0.6 is 0 Å². The lowest BCUT2D eigenvalue weighted by molar-refractivity contribution is -0.157. The van der Waals surface area contributed by atoms with E-state index < -0.39 is 5.60 Å². The van der Waals surface area contributed by atoms with E-state index >= 15 is 0 Å². The zero-order valence-electron chi connectivity index (χ0n) is 13.7. The van der Waals surface area contributed by atoms with Gasteiger partial charge in [0.05, 0.1) is 26.3 Å². The molecule has 0 aromatic heterocycles. The molecule has 0 spiro atoms. The molecule has 1 atom stereocenters. The van der Waals surface area contributed by atoms with Gasteiger partial charge in [-0.2, -0.15) is 0 Å². The Morgan fingerprint density at radius 1 is 1.39 bits per heavy atom. The third-order valence-corrected chi connectivity index (χ3v) is 4.15. The van der Waals surface area contributed by atoms with E-state index in [-0.39, 0.29) is 25.0 Å². The molecule has 2 rings (SSSR count). The minimum absolute atomic E-state index is 0.0266. The Hall–Kier alpha value is -1.92. The first-order chi connectivity index (χ1) is 11.0. The lowest BCUT2D eigenvalue weighted by Gasteiger charge is -2.42. The predicted octanol–water partition coefficient (Wildman–Crippen LogP) is 0.264. The molecule has 1 fully saturated rings. The third-order valence-electron chi connectivity index (χ3n) is 4.15. The highest BCUT2D eigenvalue weighted by Crippen LogP contribution is 2.24. The van der Waals surface area contributed by atoms with Crippen LogP contribution in [0.15, 0.2) is 24.3 Å². The smallest absolute Gasteiger partial charge is 0.242 e. The molecule has 1 aromatic rings. The summed E-state index contributed by atoms with van der Waals surface area (Å²) in [6, 6.07) is 7.95. The van der Waals surface area contributed by atoms with Gasteiger partial charge in [0.15, 0.2) is 0 Å². The van der Waals surface area contributed by atoms with E-state index in [2.05, 4.69) is 5.32 Å². The van der Waals surface area contributed by atoms with Crippen molar-refractivity contribution in [1.82, 2.24) is 10.2 Å². The molecule has 6 heteroatoms. The topological polar surface area (TPSA) is 78.9 Å².